The first-order valence-electron chi connectivity index (χ1n) is 11.6. The number of para-hydroxylation sites is 2. The normalized spacial score (nSPS) is 13.4. The Kier molecular flexibility index (Phi) is 6.57. The molecule has 1 N–H and O–H groups in total. The number of anilines is 2. The minimum atomic E-state index is -0.296. The van der Waals surface area contributed by atoms with Gasteiger partial charge in [-0.05, 0) is 59.0 Å². The number of methoxy groups -OCH3 is 1. The van der Waals surface area contributed by atoms with Crippen molar-refractivity contribution in [1.82, 2.24) is 25.1 Å². The molecule has 0 radical (unpaired) electrons. The molecule has 1 saturated heterocycles. The van der Waals surface area contributed by atoms with Gasteiger partial charge in [-0.15, -0.1) is 0 Å². The lowest BCUT2D eigenvalue weighted by Gasteiger charge is -2.35. The Morgan fingerprint density at radius 1 is 0.861 bits per heavy atom. The molecule has 1 aromatic heterocycles. The number of carbonyl (C=O) groups excluding carboxylic acids is 2. The fourth-order valence-corrected chi connectivity index (χ4v) is 4.11. The van der Waals surface area contributed by atoms with Gasteiger partial charge in [0, 0.05) is 31.7 Å². The van der Waals surface area contributed by atoms with E-state index in [0.717, 1.165) is 5.69 Å². The van der Waals surface area contributed by atoms with Gasteiger partial charge in [0.05, 0.1) is 24.0 Å². The quantitative estimate of drug-likeness (QED) is 0.450. The van der Waals surface area contributed by atoms with E-state index in [1.165, 1.54) is 0 Å². The zero-order valence-corrected chi connectivity index (χ0v) is 19.7. The van der Waals surface area contributed by atoms with Crippen molar-refractivity contribution in [1.29, 1.82) is 0 Å². The Labute approximate surface area is 208 Å². The molecule has 2 heterocycles. The van der Waals surface area contributed by atoms with Crippen molar-refractivity contribution < 1.29 is 14.3 Å². The monoisotopic (exact) mass is 483 g/mol. The van der Waals surface area contributed by atoms with Gasteiger partial charge in [-0.2, -0.15) is 4.68 Å². The Morgan fingerprint density at radius 3 is 2.28 bits per heavy atom. The number of amides is 2. The molecule has 0 saturated carbocycles. The third-order valence-corrected chi connectivity index (χ3v) is 6.06. The molecule has 10 heteroatoms. The molecule has 4 aromatic rings. The van der Waals surface area contributed by atoms with E-state index in [2.05, 4.69) is 25.7 Å². The summed E-state index contributed by atoms with van der Waals surface area (Å²) in [5.41, 5.74) is 2.26. The van der Waals surface area contributed by atoms with E-state index in [4.69, 9.17) is 4.74 Å². The highest BCUT2D eigenvalue weighted by Gasteiger charge is 2.27. The lowest BCUT2D eigenvalue weighted by molar-refractivity contribution is 0.0747. The molecule has 0 unspecified atom stereocenters. The SMILES string of the molecule is COc1ccc(C(=O)Nc2ccccc2C(=O)N2CCN(c3nnnn3-c3ccccc3)CC2)cc1. The first-order chi connectivity index (χ1) is 17.6. The molecule has 1 fully saturated rings. The summed E-state index contributed by atoms with van der Waals surface area (Å²) in [6, 6.07) is 23.5. The molecule has 0 spiro atoms. The van der Waals surface area contributed by atoms with Gasteiger partial charge in [-0.25, -0.2) is 0 Å². The number of nitrogens with zero attached hydrogens (tertiary/aromatic N) is 6. The van der Waals surface area contributed by atoms with Crippen molar-refractivity contribution in [3.8, 4) is 11.4 Å². The Bertz CT molecular complexity index is 1350. The van der Waals surface area contributed by atoms with Crippen molar-refractivity contribution in [2.24, 2.45) is 0 Å². The van der Waals surface area contributed by atoms with Crippen LogP contribution in [0.25, 0.3) is 5.69 Å². The van der Waals surface area contributed by atoms with Crippen LogP contribution in [0.3, 0.4) is 0 Å². The molecule has 0 bridgehead atoms. The van der Waals surface area contributed by atoms with E-state index in [0.29, 0.717) is 54.7 Å². The average Bonchev–Trinajstić information content (AvgIpc) is 3.44. The Balaban J connectivity index is 1.26. The maximum absolute atomic E-state index is 13.4. The molecule has 3 aromatic carbocycles. The molecular formula is C26H25N7O3. The molecule has 2 amide bonds. The van der Waals surface area contributed by atoms with Gasteiger partial charge in [-0.3, -0.25) is 9.59 Å². The molecule has 1 aliphatic rings. The summed E-state index contributed by atoms with van der Waals surface area (Å²) in [5, 5.41) is 15.0. The minimum absolute atomic E-state index is 0.136. The van der Waals surface area contributed by atoms with Gasteiger partial charge >= 0.3 is 0 Å². The van der Waals surface area contributed by atoms with Crippen molar-refractivity contribution in [2.75, 3.05) is 43.5 Å². The van der Waals surface area contributed by atoms with Crippen LogP contribution < -0.4 is 15.0 Å². The predicted octanol–water partition coefficient (Wildman–Crippen LogP) is 2.89. The fourth-order valence-electron chi connectivity index (χ4n) is 4.11. The third-order valence-electron chi connectivity index (χ3n) is 6.06. The van der Waals surface area contributed by atoms with Crippen LogP contribution in [-0.4, -0.2) is 70.2 Å². The predicted molar refractivity (Wildman–Crippen MR) is 135 cm³/mol. The number of piperazine rings is 1. The van der Waals surface area contributed by atoms with Crippen LogP contribution >= 0.6 is 0 Å². The van der Waals surface area contributed by atoms with Gasteiger partial charge in [0.2, 0.25) is 5.95 Å². The van der Waals surface area contributed by atoms with Gasteiger partial charge < -0.3 is 19.9 Å². The van der Waals surface area contributed by atoms with Crippen LogP contribution in [0, 0.1) is 0 Å². The first-order valence-corrected chi connectivity index (χ1v) is 11.6. The summed E-state index contributed by atoms with van der Waals surface area (Å²) in [7, 11) is 1.57. The highest BCUT2D eigenvalue weighted by molar-refractivity contribution is 6.09. The van der Waals surface area contributed by atoms with Gasteiger partial charge in [0.15, 0.2) is 0 Å². The number of rotatable bonds is 6. The first kappa shape index (κ1) is 23.0. The lowest BCUT2D eigenvalue weighted by Crippen LogP contribution is -2.49. The van der Waals surface area contributed by atoms with Crippen molar-refractivity contribution in [3.05, 3.63) is 90.0 Å². The average molecular weight is 484 g/mol. The highest BCUT2D eigenvalue weighted by atomic mass is 16.5. The second-order valence-corrected chi connectivity index (χ2v) is 8.23. The number of hydrogen-bond donors (Lipinski definition) is 1. The molecule has 182 valence electrons. The minimum Gasteiger partial charge on any atom is -0.497 e. The largest absolute Gasteiger partial charge is 0.497 e. The summed E-state index contributed by atoms with van der Waals surface area (Å²) >= 11 is 0. The molecule has 10 nitrogen and oxygen atoms in total. The van der Waals surface area contributed by atoms with Crippen LogP contribution in [0.2, 0.25) is 0 Å². The number of hydrogen-bond acceptors (Lipinski definition) is 7. The van der Waals surface area contributed by atoms with Gasteiger partial charge in [0.1, 0.15) is 5.75 Å². The van der Waals surface area contributed by atoms with E-state index >= 15 is 0 Å². The standard InChI is InChI=1S/C26H25N7O3/c1-36-21-13-11-19(12-14-21)24(34)27-23-10-6-5-9-22(23)25(35)31-15-17-32(18-16-31)26-28-29-30-33(26)20-7-3-2-4-8-20/h2-14H,15-18H2,1H3,(H,27,34). The highest BCUT2D eigenvalue weighted by Crippen LogP contribution is 2.22. The summed E-state index contributed by atoms with van der Waals surface area (Å²) < 4.78 is 6.84. The zero-order chi connectivity index (χ0) is 24.9. The fraction of sp³-hybridized carbons (Fsp3) is 0.192. The van der Waals surface area contributed by atoms with E-state index in [1.807, 2.05) is 30.3 Å². The molecule has 36 heavy (non-hydrogen) atoms. The van der Waals surface area contributed by atoms with Gasteiger partial charge in [-0.1, -0.05) is 35.4 Å². The van der Waals surface area contributed by atoms with Crippen molar-refractivity contribution >= 4 is 23.5 Å². The summed E-state index contributed by atoms with van der Waals surface area (Å²) in [6.07, 6.45) is 0. The summed E-state index contributed by atoms with van der Waals surface area (Å²) in [4.78, 5) is 30.0. The van der Waals surface area contributed by atoms with Crippen LogP contribution in [0.4, 0.5) is 11.6 Å². The number of carbonyl (C=O) groups is 2. The van der Waals surface area contributed by atoms with E-state index < -0.39 is 0 Å². The number of nitrogens with one attached hydrogen (secondary N) is 1. The zero-order valence-electron chi connectivity index (χ0n) is 19.7. The summed E-state index contributed by atoms with van der Waals surface area (Å²) in [5.74, 6) is 0.873. The molecule has 5 rings (SSSR count). The van der Waals surface area contributed by atoms with Crippen molar-refractivity contribution in [3.63, 3.8) is 0 Å². The van der Waals surface area contributed by atoms with Crippen LogP contribution in [0.5, 0.6) is 5.75 Å². The summed E-state index contributed by atoms with van der Waals surface area (Å²) in [6.45, 7) is 2.17. The number of aromatic nitrogens is 4. The van der Waals surface area contributed by atoms with E-state index in [9.17, 15) is 9.59 Å². The van der Waals surface area contributed by atoms with E-state index in [-0.39, 0.29) is 11.8 Å². The van der Waals surface area contributed by atoms with Crippen molar-refractivity contribution in [2.45, 2.75) is 0 Å². The van der Waals surface area contributed by atoms with E-state index in [1.54, 1.807) is 65.2 Å². The Morgan fingerprint density at radius 2 is 1.56 bits per heavy atom. The molecule has 0 atom stereocenters. The number of ether oxygens (including phenoxy) is 1. The Hall–Kier alpha value is -4.73. The molecule has 0 aliphatic carbocycles. The maximum Gasteiger partial charge on any atom is 0.256 e. The second-order valence-electron chi connectivity index (χ2n) is 8.23. The molecule has 1 aliphatic heterocycles. The number of benzene rings is 3. The second kappa shape index (κ2) is 10.3. The number of tetrazole rings is 1. The van der Waals surface area contributed by atoms with Gasteiger partial charge in [0.25, 0.3) is 11.8 Å². The van der Waals surface area contributed by atoms with Crippen LogP contribution in [-0.2, 0) is 0 Å². The topological polar surface area (TPSA) is 105 Å². The maximum atomic E-state index is 13.4. The smallest absolute Gasteiger partial charge is 0.256 e. The van der Waals surface area contributed by atoms with Crippen LogP contribution in [0.1, 0.15) is 20.7 Å². The van der Waals surface area contributed by atoms with Crippen LogP contribution in [0.15, 0.2) is 78.9 Å². The third kappa shape index (κ3) is 4.74. The molecular weight excluding hydrogens is 458 g/mol. The lowest BCUT2D eigenvalue weighted by atomic mass is 10.1.